The first-order valence-corrected chi connectivity index (χ1v) is 5.46. The number of hydrogen-bond donors (Lipinski definition) is 0. The molecule has 0 radical (unpaired) electrons. The summed E-state index contributed by atoms with van der Waals surface area (Å²) in [6.07, 6.45) is 5.54. The van der Waals surface area contributed by atoms with Crippen LogP contribution >= 0.6 is 0 Å². The molecule has 0 unspecified atom stereocenters. The number of methoxy groups -OCH3 is 1. The van der Waals surface area contributed by atoms with Gasteiger partial charge in [-0.05, 0) is 11.6 Å². The second kappa shape index (κ2) is 5.34. The maximum Gasteiger partial charge on any atom is 0.334 e. The van der Waals surface area contributed by atoms with Gasteiger partial charge in [-0.2, -0.15) is 0 Å². The normalized spacial score (nSPS) is 19.9. The Bertz CT molecular complexity index is 446. The highest BCUT2D eigenvalue weighted by atomic mass is 16.5. The van der Waals surface area contributed by atoms with Gasteiger partial charge in [-0.15, -0.1) is 0 Å². The van der Waals surface area contributed by atoms with E-state index in [4.69, 9.17) is 9.47 Å². The fourth-order valence-electron chi connectivity index (χ4n) is 1.65. The van der Waals surface area contributed by atoms with Crippen LogP contribution in [0.25, 0.3) is 6.08 Å². The summed E-state index contributed by atoms with van der Waals surface area (Å²) in [5, 5.41) is 0. The third-order valence-electron chi connectivity index (χ3n) is 2.51. The van der Waals surface area contributed by atoms with Crippen LogP contribution in [0.2, 0.25) is 0 Å². The van der Waals surface area contributed by atoms with Crippen molar-refractivity contribution >= 4 is 12.0 Å². The molecule has 0 spiro atoms. The van der Waals surface area contributed by atoms with Crippen molar-refractivity contribution in [3.8, 4) is 0 Å². The van der Waals surface area contributed by atoms with E-state index in [1.165, 1.54) is 6.08 Å². The van der Waals surface area contributed by atoms with Crippen LogP contribution in [0, 0.1) is 0 Å². The lowest BCUT2D eigenvalue weighted by molar-refractivity contribution is -0.142. The molecule has 1 aromatic carbocycles. The van der Waals surface area contributed by atoms with Gasteiger partial charge < -0.3 is 9.47 Å². The monoisotopic (exact) mass is 230 g/mol. The molecule has 3 nitrogen and oxygen atoms in total. The molecule has 1 heterocycles. The van der Waals surface area contributed by atoms with Crippen molar-refractivity contribution in [1.29, 1.82) is 0 Å². The minimum atomic E-state index is -0.351. The smallest absolute Gasteiger partial charge is 0.334 e. The molecular weight excluding hydrogens is 216 g/mol. The van der Waals surface area contributed by atoms with Crippen molar-refractivity contribution in [1.82, 2.24) is 0 Å². The highest BCUT2D eigenvalue weighted by Crippen LogP contribution is 2.17. The quantitative estimate of drug-likeness (QED) is 0.748. The van der Waals surface area contributed by atoms with Crippen molar-refractivity contribution in [3.05, 3.63) is 53.8 Å². The zero-order chi connectivity index (χ0) is 12.1. The molecule has 0 fully saturated rings. The van der Waals surface area contributed by atoms with Crippen molar-refractivity contribution in [2.24, 2.45) is 0 Å². The number of rotatable bonds is 3. The average Bonchev–Trinajstić information content (AvgIpc) is 2.37. The SMILES string of the molecule is COC1=CC(=O)O[C@@H](C=Cc2ccccc2)C1. The van der Waals surface area contributed by atoms with E-state index in [9.17, 15) is 4.79 Å². The van der Waals surface area contributed by atoms with E-state index in [1.807, 2.05) is 42.5 Å². The van der Waals surface area contributed by atoms with Crippen LogP contribution in [-0.2, 0) is 14.3 Å². The van der Waals surface area contributed by atoms with Crippen LogP contribution in [0.5, 0.6) is 0 Å². The van der Waals surface area contributed by atoms with Crippen molar-refractivity contribution in [3.63, 3.8) is 0 Å². The predicted molar refractivity (Wildman–Crippen MR) is 65.1 cm³/mol. The molecular formula is C14H14O3. The van der Waals surface area contributed by atoms with E-state index in [-0.39, 0.29) is 12.1 Å². The number of carbonyl (C=O) groups is 1. The maximum absolute atomic E-state index is 11.2. The van der Waals surface area contributed by atoms with Crippen molar-refractivity contribution in [2.75, 3.05) is 7.11 Å². The first-order valence-electron chi connectivity index (χ1n) is 5.46. The number of carbonyl (C=O) groups excluding carboxylic acids is 1. The van der Waals surface area contributed by atoms with Gasteiger partial charge in [0, 0.05) is 6.42 Å². The summed E-state index contributed by atoms with van der Waals surface area (Å²) < 4.78 is 10.2. The molecule has 1 atom stereocenters. The summed E-state index contributed by atoms with van der Waals surface area (Å²) in [6.45, 7) is 0. The Balaban J connectivity index is 2.03. The van der Waals surface area contributed by atoms with Gasteiger partial charge in [0.1, 0.15) is 11.9 Å². The molecule has 0 N–H and O–H groups in total. The van der Waals surface area contributed by atoms with E-state index < -0.39 is 0 Å². The molecule has 1 aliphatic heterocycles. The highest BCUT2D eigenvalue weighted by molar-refractivity contribution is 5.83. The topological polar surface area (TPSA) is 35.5 Å². The first-order chi connectivity index (χ1) is 8.28. The minimum absolute atomic E-state index is 0.248. The number of esters is 1. The predicted octanol–water partition coefficient (Wildman–Crippen LogP) is 2.55. The Hall–Kier alpha value is -2.03. The molecule has 0 saturated carbocycles. The van der Waals surface area contributed by atoms with Crippen LogP contribution in [0.1, 0.15) is 12.0 Å². The second-order valence-electron chi connectivity index (χ2n) is 3.76. The van der Waals surface area contributed by atoms with Gasteiger partial charge in [-0.3, -0.25) is 0 Å². The standard InChI is InChI=1S/C14H14O3/c1-16-13-9-12(17-14(15)10-13)8-7-11-5-3-2-4-6-11/h2-8,10,12H,9H2,1H3/t12-/m0/s1. The molecule has 17 heavy (non-hydrogen) atoms. The van der Waals surface area contributed by atoms with E-state index in [0.29, 0.717) is 12.2 Å². The summed E-state index contributed by atoms with van der Waals surface area (Å²) in [4.78, 5) is 11.2. The van der Waals surface area contributed by atoms with Gasteiger partial charge in [0.05, 0.1) is 13.2 Å². The highest BCUT2D eigenvalue weighted by Gasteiger charge is 2.19. The largest absolute Gasteiger partial charge is 0.501 e. The summed E-state index contributed by atoms with van der Waals surface area (Å²) in [5.41, 5.74) is 1.08. The fraction of sp³-hybridized carbons (Fsp3) is 0.214. The van der Waals surface area contributed by atoms with Gasteiger partial charge in [0.25, 0.3) is 0 Å². The van der Waals surface area contributed by atoms with E-state index in [1.54, 1.807) is 7.11 Å². The Labute approximate surface area is 100 Å². The van der Waals surface area contributed by atoms with Crippen LogP contribution in [0.3, 0.4) is 0 Å². The molecule has 1 aliphatic rings. The van der Waals surface area contributed by atoms with Crippen LogP contribution in [-0.4, -0.2) is 19.2 Å². The lowest BCUT2D eigenvalue weighted by Gasteiger charge is -2.19. The van der Waals surface area contributed by atoms with Gasteiger partial charge >= 0.3 is 5.97 Å². The second-order valence-corrected chi connectivity index (χ2v) is 3.76. The van der Waals surface area contributed by atoms with Crippen molar-refractivity contribution < 1.29 is 14.3 Å². The third-order valence-corrected chi connectivity index (χ3v) is 2.51. The lowest BCUT2D eigenvalue weighted by Crippen LogP contribution is -2.21. The van der Waals surface area contributed by atoms with Gasteiger partial charge in [0.2, 0.25) is 0 Å². The van der Waals surface area contributed by atoms with Gasteiger partial charge in [-0.25, -0.2) is 4.79 Å². The Kier molecular flexibility index (Phi) is 3.60. The molecule has 1 aromatic rings. The van der Waals surface area contributed by atoms with E-state index in [2.05, 4.69) is 0 Å². The van der Waals surface area contributed by atoms with E-state index in [0.717, 1.165) is 5.56 Å². The van der Waals surface area contributed by atoms with Crippen LogP contribution in [0.4, 0.5) is 0 Å². The molecule has 0 aliphatic carbocycles. The van der Waals surface area contributed by atoms with Gasteiger partial charge in [0.15, 0.2) is 0 Å². The van der Waals surface area contributed by atoms with Crippen molar-refractivity contribution in [2.45, 2.75) is 12.5 Å². The van der Waals surface area contributed by atoms with E-state index >= 15 is 0 Å². The zero-order valence-corrected chi connectivity index (χ0v) is 9.63. The first kappa shape index (κ1) is 11.5. The molecule has 0 bridgehead atoms. The molecule has 0 saturated heterocycles. The third kappa shape index (κ3) is 3.21. The molecule has 2 rings (SSSR count). The number of cyclic esters (lactones) is 1. The van der Waals surface area contributed by atoms with Crippen LogP contribution in [0.15, 0.2) is 48.2 Å². The summed E-state index contributed by atoms with van der Waals surface area (Å²) in [6, 6.07) is 9.88. The summed E-state index contributed by atoms with van der Waals surface area (Å²) in [7, 11) is 1.56. The molecule has 88 valence electrons. The fourth-order valence-corrected chi connectivity index (χ4v) is 1.65. The summed E-state index contributed by atoms with van der Waals surface area (Å²) in [5.74, 6) is 0.305. The molecule has 0 aromatic heterocycles. The number of benzene rings is 1. The minimum Gasteiger partial charge on any atom is -0.501 e. The number of ether oxygens (including phenoxy) is 2. The number of hydrogen-bond acceptors (Lipinski definition) is 3. The molecule has 0 amide bonds. The summed E-state index contributed by atoms with van der Waals surface area (Å²) >= 11 is 0. The Morgan fingerprint density at radius 3 is 2.82 bits per heavy atom. The molecule has 3 heteroatoms. The van der Waals surface area contributed by atoms with Gasteiger partial charge in [-0.1, -0.05) is 36.4 Å². The maximum atomic E-state index is 11.2. The Morgan fingerprint density at radius 2 is 2.12 bits per heavy atom. The average molecular weight is 230 g/mol. The lowest BCUT2D eigenvalue weighted by atomic mass is 10.1. The zero-order valence-electron chi connectivity index (χ0n) is 9.63. The Morgan fingerprint density at radius 1 is 1.35 bits per heavy atom. The van der Waals surface area contributed by atoms with Crippen LogP contribution < -0.4 is 0 Å².